The van der Waals surface area contributed by atoms with Gasteiger partial charge in [-0.3, -0.25) is 30.9 Å². The predicted octanol–water partition coefficient (Wildman–Crippen LogP) is 8.40. The third kappa shape index (κ3) is 11.7. The van der Waals surface area contributed by atoms with Crippen LogP contribution in [0.15, 0.2) is 24.3 Å². The van der Waals surface area contributed by atoms with Crippen molar-refractivity contribution in [2.24, 2.45) is 0 Å². The molecule has 0 heterocycles. The minimum Gasteiger partial charge on any atom is -0.444 e. The summed E-state index contributed by atoms with van der Waals surface area (Å²) in [5, 5.41) is 27.1. The molecule has 0 aromatic heterocycles. The van der Waals surface area contributed by atoms with Crippen LogP contribution in [0.3, 0.4) is 0 Å². The van der Waals surface area contributed by atoms with Crippen LogP contribution in [-0.2, 0) is 9.47 Å². The molecule has 2 aromatic carbocycles. The lowest BCUT2D eigenvalue weighted by Gasteiger charge is -2.19. The van der Waals surface area contributed by atoms with Crippen LogP contribution in [0.5, 0.6) is 0 Å². The van der Waals surface area contributed by atoms with Gasteiger partial charge in [-0.25, -0.2) is 9.59 Å². The van der Waals surface area contributed by atoms with Crippen molar-refractivity contribution < 1.29 is 28.9 Å². The molecule has 0 saturated heterocycles. The molecule has 0 spiro atoms. The second-order valence-corrected chi connectivity index (χ2v) is 12.5. The number of carbonyl (C=O) groups is 2. The number of nitrogens with one attached hydrogen (secondary N) is 2. The van der Waals surface area contributed by atoms with Gasteiger partial charge in [0.1, 0.15) is 22.6 Å². The maximum atomic E-state index is 11.6. The van der Waals surface area contributed by atoms with Gasteiger partial charge < -0.3 is 9.47 Å². The van der Waals surface area contributed by atoms with Gasteiger partial charge in [0.2, 0.25) is 0 Å². The van der Waals surface area contributed by atoms with Gasteiger partial charge in [0.25, 0.3) is 11.4 Å². The Labute approximate surface area is 255 Å². The maximum Gasteiger partial charge on any atom is 0.412 e. The highest BCUT2D eigenvalue weighted by Gasteiger charge is 2.23. The van der Waals surface area contributed by atoms with Crippen LogP contribution in [0.4, 0.5) is 32.3 Å². The van der Waals surface area contributed by atoms with E-state index in [1.165, 1.54) is 24.3 Å². The van der Waals surface area contributed by atoms with Crippen molar-refractivity contribution >= 4 is 103 Å². The number of ether oxygens (including phenoxy) is 2. The van der Waals surface area contributed by atoms with E-state index in [0.29, 0.717) is 17.2 Å². The van der Waals surface area contributed by atoms with Crippen molar-refractivity contribution in [3.05, 3.63) is 61.7 Å². The van der Waals surface area contributed by atoms with Crippen LogP contribution in [0.25, 0.3) is 0 Å². The van der Waals surface area contributed by atoms with E-state index in [1.54, 1.807) is 41.5 Å². The predicted molar refractivity (Wildman–Crippen MR) is 161 cm³/mol. The lowest BCUT2D eigenvalue weighted by Crippen LogP contribution is -2.27. The van der Waals surface area contributed by atoms with Gasteiger partial charge in [-0.2, -0.15) is 0 Å². The Morgan fingerprint density at radius 1 is 0.737 bits per heavy atom. The first-order valence-corrected chi connectivity index (χ1v) is 13.4. The molecule has 0 radical (unpaired) electrons. The highest BCUT2D eigenvalue weighted by molar-refractivity contribution is 14.1. The van der Waals surface area contributed by atoms with Crippen LogP contribution in [0.2, 0.25) is 10.0 Å². The Morgan fingerprint density at radius 2 is 1.03 bits per heavy atom. The Morgan fingerprint density at radius 3 is 1.26 bits per heavy atom. The minimum atomic E-state index is -0.770. The number of benzene rings is 2. The molecule has 2 amide bonds. The zero-order valence-electron chi connectivity index (χ0n) is 21.0. The first-order chi connectivity index (χ1) is 17.2. The summed E-state index contributed by atoms with van der Waals surface area (Å²) in [5.74, 6) is 0. The number of carbonyl (C=O) groups excluding carboxylic acids is 2. The summed E-state index contributed by atoms with van der Waals surface area (Å²) in [6.07, 6.45) is -1.54. The SMILES string of the molecule is CC(C)(C)OC(=O)Nc1cc(Cl)c(I)cc1[N+](=O)[O-].CC(C)(C)OC(=O)Nc1cc(Cl)c(I)cc1[N+](=O)[O-]. The zero-order chi connectivity index (χ0) is 29.6. The topological polar surface area (TPSA) is 163 Å². The standard InChI is InChI=1S/2C11H12ClIN2O4/c2*1-11(2,3)19-10(16)14-8-4-6(12)7(13)5-9(8)15(17)18/h2*4-5H,1-3H3,(H,14,16). The van der Waals surface area contributed by atoms with E-state index in [-0.39, 0.29) is 22.7 Å². The number of nitro benzene ring substituents is 2. The van der Waals surface area contributed by atoms with E-state index >= 15 is 0 Å². The summed E-state index contributed by atoms with van der Waals surface area (Å²) in [7, 11) is 0. The molecule has 0 saturated carbocycles. The molecular formula is C22H24Cl2I2N4O8. The molecule has 0 bridgehead atoms. The smallest absolute Gasteiger partial charge is 0.412 e. The number of nitro groups is 2. The average molecular weight is 797 g/mol. The Kier molecular flexibility index (Phi) is 12.2. The van der Waals surface area contributed by atoms with Gasteiger partial charge in [0.15, 0.2) is 0 Å². The molecule has 0 aliphatic rings. The van der Waals surface area contributed by atoms with Gasteiger partial charge in [0.05, 0.1) is 19.9 Å². The molecule has 38 heavy (non-hydrogen) atoms. The summed E-state index contributed by atoms with van der Waals surface area (Å²) in [5.41, 5.74) is -1.84. The highest BCUT2D eigenvalue weighted by atomic mass is 127. The molecule has 2 rings (SSSR count). The fraction of sp³-hybridized carbons (Fsp3) is 0.364. The number of anilines is 2. The first-order valence-electron chi connectivity index (χ1n) is 10.5. The fourth-order valence-electron chi connectivity index (χ4n) is 2.40. The highest BCUT2D eigenvalue weighted by Crippen LogP contribution is 2.33. The minimum absolute atomic E-state index is 0.00432. The van der Waals surface area contributed by atoms with Crippen LogP contribution in [0, 0.1) is 27.4 Å². The van der Waals surface area contributed by atoms with E-state index in [2.05, 4.69) is 10.6 Å². The summed E-state index contributed by atoms with van der Waals surface area (Å²) < 4.78 is 11.1. The Balaban J connectivity index is 0.000000380. The number of amides is 2. The quantitative estimate of drug-likeness (QED) is 0.177. The van der Waals surface area contributed by atoms with E-state index in [4.69, 9.17) is 32.7 Å². The van der Waals surface area contributed by atoms with Crippen LogP contribution < -0.4 is 10.6 Å². The molecule has 0 atom stereocenters. The monoisotopic (exact) mass is 796 g/mol. The summed E-state index contributed by atoms with van der Waals surface area (Å²) in [6, 6.07) is 5.22. The summed E-state index contributed by atoms with van der Waals surface area (Å²) in [6.45, 7) is 10.2. The van der Waals surface area contributed by atoms with Crippen molar-refractivity contribution in [2.45, 2.75) is 52.7 Å². The van der Waals surface area contributed by atoms with Crippen LogP contribution in [-0.4, -0.2) is 33.2 Å². The molecule has 2 N–H and O–H groups in total. The molecule has 0 aliphatic carbocycles. The van der Waals surface area contributed by atoms with Crippen LogP contribution >= 0.6 is 68.4 Å². The number of halogens is 4. The molecule has 0 unspecified atom stereocenters. The summed E-state index contributed by atoms with van der Waals surface area (Å²) in [4.78, 5) is 43.9. The zero-order valence-corrected chi connectivity index (χ0v) is 26.8. The molecule has 2 aromatic rings. The van der Waals surface area contributed by atoms with Gasteiger partial charge in [0, 0.05) is 19.3 Å². The van der Waals surface area contributed by atoms with E-state index in [1.807, 2.05) is 45.2 Å². The first kappa shape index (κ1) is 33.8. The normalized spacial score (nSPS) is 11.0. The molecular weight excluding hydrogens is 773 g/mol. The number of rotatable bonds is 4. The van der Waals surface area contributed by atoms with Crippen LogP contribution in [0.1, 0.15) is 41.5 Å². The van der Waals surface area contributed by atoms with E-state index < -0.39 is 33.2 Å². The van der Waals surface area contributed by atoms with Crippen molar-refractivity contribution in [3.8, 4) is 0 Å². The van der Waals surface area contributed by atoms with Crippen molar-refractivity contribution in [3.63, 3.8) is 0 Å². The largest absolute Gasteiger partial charge is 0.444 e. The lowest BCUT2D eigenvalue weighted by atomic mass is 10.2. The van der Waals surface area contributed by atoms with E-state index in [0.717, 1.165) is 0 Å². The van der Waals surface area contributed by atoms with Crippen molar-refractivity contribution in [1.82, 2.24) is 0 Å². The molecule has 12 nitrogen and oxygen atoms in total. The molecule has 208 valence electrons. The molecule has 0 fully saturated rings. The third-order valence-corrected chi connectivity index (χ3v) is 6.79. The van der Waals surface area contributed by atoms with Gasteiger partial charge in [-0.05, 0) is 98.9 Å². The number of hydrogen-bond acceptors (Lipinski definition) is 8. The molecule has 0 aliphatic heterocycles. The van der Waals surface area contributed by atoms with Crippen molar-refractivity contribution in [1.29, 1.82) is 0 Å². The maximum absolute atomic E-state index is 11.6. The summed E-state index contributed by atoms with van der Waals surface area (Å²) >= 11 is 15.5. The molecule has 16 heteroatoms. The van der Waals surface area contributed by atoms with Gasteiger partial charge >= 0.3 is 12.2 Å². The third-order valence-electron chi connectivity index (χ3n) is 3.74. The van der Waals surface area contributed by atoms with Gasteiger partial charge in [-0.1, -0.05) is 23.2 Å². The second kappa shape index (κ2) is 13.7. The fourth-order valence-corrected chi connectivity index (χ4v) is 3.63. The second-order valence-electron chi connectivity index (χ2n) is 9.33. The number of nitrogens with zero attached hydrogens (tertiary/aromatic N) is 2. The lowest BCUT2D eigenvalue weighted by molar-refractivity contribution is -0.384. The Hall–Kier alpha value is -2.18. The Bertz CT molecular complexity index is 1150. The van der Waals surface area contributed by atoms with Gasteiger partial charge in [-0.15, -0.1) is 0 Å². The van der Waals surface area contributed by atoms with E-state index in [9.17, 15) is 29.8 Å². The average Bonchev–Trinajstić information content (AvgIpc) is 2.70. The van der Waals surface area contributed by atoms with Crippen molar-refractivity contribution in [2.75, 3.05) is 10.6 Å². The number of hydrogen-bond donors (Lipinski definition) is 2.